The summed E-state index contributed by atoms with van der Waals surface area (Å²) in [5, 5.41) is 11.1. The minimum atomic E-state index is -0.584. The summed E-state index contributed by atoms with van der Waals surface area (Å²) in [6.45, 7) is 3.49. The van der Waals surface area contributed by atoms with E-state index >= 15 is 0 Å². The van der Waals surface area contributed by atoms with Gasteiger partial charge in [0.15, 0.2) is 11.0 Å². The second-order valence-corrected chi connectivity index (χ2v) is 5.59. The Bertz CT molecular complexity index is 1070. The van der Waals surface area contributed by atoms with Crippen molar-refractivity contribution in [2.24, 2.45) is 0 Å². The summed E-state index contributed by atoms with van der Waals surface area (Å²) in [5.74, 6) is -0.325. The van der Waals surface area contributed by atoms with Crippen molar-refractivity contribution in [1.29, 1.82) is 0 Å². The molecule has 0 saturated heterocycles. The van der Waals surface area contributed by atoms with Crippen molar-refractivity contribution in [3.05, 3.63) is 73.9 Å². The Morgan fingerprint density at radius 3 is 2.50 bits per heavy atom. The number of hydrogen-bond donors (Lipinski definition) is 0. The quantitative estimate of drug-likeness (QED) is 0.401. The number of ether oxygens (including phenoxy) is 1. The van der Waals surface area contributed by atoms with Crippen molar-refractivity contribution in [2.45, 2.75) is 13.8 Å². The predicted molar refractivity (Wildman–Crippen MR) is 95.3 cm³/mol. The molecule has 0 bridgehead atoms. The van der Waals surface area contributed by atoms with Crippen LogP contribution in [0.3, 0.4) is 0 Å². The first-order chi connectivity index (χ1) is 12.4. The summed E-state index contributed by atoms with van der Waals surface area (Å²) in [6.07, 6.45) is 0. The van der Waals surface area contributed by atoms with Crippen LogP contribution in [0.4, 0.5) is 5.69 Å². The number of non-ortho nitro benzene ring substituents is 1. The molecule has 0 aliphatic rings. The second kappa shape index (κ2) is 6.79. The average molecular weight is 353 g/mol. The van der Waals surface area contributed by atoms with Gasteiger partial charge < -0.3 is 9.15 Å². The normalized spacial score (nSPS) is 10.7. The highest BCUT2D eigenvalue weighted by Gasteiger charge is 2.19. The van der Waals surface area contributed by atoms with Gasteiger partial charge >= 0.3 is 5.97 Å². The van der Waals surface area contributed by atoms with Crippen molar-refractivity contribution < 1.29 is 18.9 Å². The van der Waals surface area contributed by atoms with Crippen molar-refractivity contribution in [3.8, 4) is 11.3 Å². The van der Waals surface area contributed by atoms with Crippen molar-refractivity contribution >= 4 is 22.6 Å². The number of nitro benzene ring substituents is 1. The second-order valence-electron chi connectivity index (χ2n) is 5.59. The molecule has 0 radical (unpaired) electrons. The number of benzene rings is 2. The van der Waals surface area contributed by atoms with E-state index in [0.717, 1.165) is 0 Å². The van der Waals surface area contributed by atoms with Crippen molar-refractivity contribution in [3.63, 3.8) is 0 Å². The maximum Gasteiger partial charge on any atom is 0.341 e. The molecule has 0 aliphatic heterocycles. The number of carbonyl (C=O) groups is 1. The van der Waals surface area contributed by atoms with Crippen LogP contribution in [-0.4, -0.2) is 17.5 Å². The number of hydrogen-bond acceptors (Lipinski definition) is 6. The lowest BCUT2D eigenvalue weighted by Gasteiger charge is -2.10. The highest BCUT2D eigenvalue weighted by molar-refractivity contribution is 6.02. The number of fused-ring (bicyclic) bond motifs is 1. The van der Waals surface area contributed by atoms with Crippen LogP contribution >= 0.6 is 0 Å². The predicted octanol–water partition coefficient (Wildman–Crippen LogP) is 3.85. The molecular formula is C19H15NO6. The van der Waals surface area contributed by atoms with Gasteiger partial charge in [-0.05, 0) is 38.1 Å². The van der Waals surface area contributed by atoms with Crippen LogP contribution < -0.4 is 5.43 Å². The molecule has 26 heavy (non-hydrogen) atoms. The number of para-hydroxylation sites is 1. The fraction of sp³-hybridized carbons (Fsp3) is 0.158. The smallest absolute Gasteiger partial charge is 0.341 e. The zero-order valence-electron chi connectivity index (χ0n) is 14.1. The van der Waals surface area contributed by atoms with E-state index in [1.54, 1.807) is 26.0 Å². The highest BCUT2D eigenvalue weighted by atomic mass is 16.6. The molecule has 3 rings (SSSR count). The topological polar surface area (TPSA) is 99.7 Å². The third kappa shape index (κ3) is 2.95. The third-order valence-electron chi connectivity index (χ3n) is 3.98. The summed E-state index contributed by atoms with van der Waals surface area (Å²) in [5.41, 5.74) is 0.810. The minimum absolute atomic E-state index is 0.0678. The molecule has 7 nitrogen and oxygen atoms in total. The lowest BCUT2D eigenvalue weighted by Crippen LogP contribution is -2.11. The van der Waals surface area contributed by atoms with E-state index in [9.17, 15) is 19.7 Å². The zero-order chi connectivity index (χ0) is 18.8. The molecule has 0 unspecified atom stereocenters. The van der Waals surface area contributed by atoms with Gasteiger partial charge in [0.1, 0.15) is 11.3 Å². The van der Waals surface area contributed by atoms with Gasteiger partial charge in [-0.15, -0.1) is 0 Å². The highest BCUT2D eigenvalue weighted by Crippen LogP contribution is 2.28. The third-order valence-corrected chi connectivity index (χ3v) is 3.98. The van der Waals surface area contributed by atoms with Crippen LogP contribution in [0, 0.1) is 17.0 Å². The van der Waals surface area contributed by atoms with E-state index in [1.807, 2.05) is 0 Å². The zero-order valence-corrected chi connectivity index (χ0v) is 14.1. The van der Waals surface area contributed by atoms with Crippen LogP contribution in [0.15, 0.2) is 51.7 Å². The summed E-state index contributed by atoms with van der Waals surface area (Å²) < 4.78 is 10.9. The lowest BCUT2D eigenvalue weighted by atomic mass is 10.0. The molecule has 0 amide bonds. The monoisotopic (exact) mass is 353 g/mol. The van der Waals surface area contributed by atoms with E-state index in [2.05, 4.69) is 0 Å². The Labute approximate surface area is 148 Å². The molecule has 3 aromatic rings. The van der Waals surface area contributed by atoms with Gasteiger partial charge in [-0.2, -0.15) is 0 Å². The standard InChI is InChI=1S/C19H15NO6/c1-3-25-19(22)15-6-4-5-14-16(21)11(2)17(26-18(14)15)12-7-9-13(10-8-12)20(23)24/h4-10H,3H2,1-2H3. The molecule has 1 heterocycles. The molecule has 0 atom stereocenters. The summed E-state index contributed by atoms with van der Waals surface area (Å²) in [6, 6.07) is 10.4. The molecule has 0 N–H and O–H groups in total. The van der Waals surface area contributed by atoms with E-state index in [0.29, 0.717) is 11.1 Å². The Hall–Kier alpha value is -3.48. The first-order valence-electron chi connectivity index (χ1n) is 7.92. The molecule has 0 spiro atoms. The van der Waals surface area contributed by atoms with Crippen LogP contribution in [-0.2, 0) is 4.74 Å². The molecular weight excluding hydrogens is 338 g/mol. The van der Waals surface area contributed by atoms with Crippen LogP contribution in [0.25, 0.3) is 22.3 Å². The van der Waals surface area contributed by atoms with Crippen LogP contribution in [0.5, 0.6) is 0 Å². The number of esters is 1. The number of nitrogens with zero attached hydrogens (tertiary/aromatic N) is 1. The van der Waals surface area contributed by atoms with Crippen molar-refractivity contribution in [1.82, 2.24) is 0 Å². The molecule has 7 heteroatoms. The maximum atomic E-state index is 12.7. The molecule has 132 valence electrons. The number of nitro groups is 1. The fourth-order valence-corrected chi connectivity index (χ4v) is 2.69. The Balaban J connectivity index is 2.25. The Kier molecular flexibility index (Phi) is 4.53. The van der Waals surface area contributed by atoms with Gasteiger partial charge in [0, 0.05) is 23.3 Å². The van der Waals surface area contributed by atoms with E-state index in [-0.39, 0.29) is 40.0 Å². The van der Waals surface area contributed by atoms with Crippen LogP contribution in [0.2, 0.25) is 0 Å². The van der Waals surface area contributed by atoms with Gasteiger partial charge in [-0.25, -0.2) is 4.79 Å². The summed E-state index contributed by atoms with van der Waals surface area (Å²) >= 11 is 0. The maximum absolute atomic E-state index is 12.7. The number of carbonyl (C=O) groups excluding carboxylic acids is 1. The summed E-state index contributed by atoms with van der Waals surface area (Å²) in [7, 11) is 0. The van der Waals surface area contributed by atoms with E-state index in [1.165, 1.54) is 30.3 Å². The molecule has 1 aromatic heterocycles. The van der Waals surface area contributed by atoms with Gasteiger partial charge in [0.2, 0.25) is 0 Å². The van der Waals surface area contributed by atoms with E-state index in [4.69, 9.17) is 9.15 Å². The molecule has 0 aliphatic carbocycles. The van der Waals surface area contributed by atoms with E-state index < -0.39 is 10.9 Å². The van der Waals surface area contributed by atoms with Gasteiger partial charge in [0.05, 0.1) is 16.9 Å². The van der Waals surface area contributed by atoms with Gasteiger partial charge in [-0.1, -0.05) is 6.07 Å². The molecule has 0 fully saturated rings. The fourth-order valence-electron chi connectivity index (χ4n) is 2.69. The van der Waals surface area contributed by atoms with Gasteiger partial charge in [0.25, 0.3) is 5.69 Å². The Morgan fingerprint density at radius 2 is 1.88 bits per heavy atom. The minimum Gasteiger partial charge on any atom is -0.462 e. The largest absolute Gasteiger partial charge is 0.462 e. The first-order valence-corrected chi connectivity index (χ1v) is 7.92. The van der Waals surface area contributed by atoms with Gasteiger partial charge in [-0.3, -0.25) is 14.9 Å². The van der Waals surface area contributed by atoms with Crippen molar-refractivity contribution in [2.75, 3.05) is 6.61 Å². The molecule has 2 aromatic carbocycles. The SMILES string of the molecule is CCOC(=O)c1cccc2c(=O)c(C)c(-c3ccc([N+](=O)[O-])cc3)oc12. The van der Waals surface area contributed by atoms with Crippen LogP contribution in [0.1, 0.15) is 22.8 Å². The average Bonchev–Trinajstić information content (AvgIpc) is 2.64. The molecule has 0 saturated carbocycles. The first kappa shape index (κ1) is 17.3. The number of rotatable bonds is 4. The lowest BCUT2D eigenvalue weighted by molar-refractivity contribution is -0.384. The Morgan fingerprint density at radius 1 is 1.19 bits per heavy atom. The summed E-state index contributed by atoms with van der Waals surface area (Å²) in [4.78, 5) is 35.2.